The van der Waals surface area contributed by atoms with Crippen molar-refractivity contribution in [1.29, 1.82) is 0 Å². The minimum atomic E-state index is 0.463. The molecular formula is C12H19BrN2. The molecule has 2 nitrogen and oxygen atoms in total. The zero-order valence-corrected chi connectivity index (χ0v) is 11.4. The molecule has 84 valence electrons. The topological polar surface area (TPSA) is 24.9 Å². The summed E-state index contributed by atoms with van der Waals surface area (Å²) in [5.74, 6) is 0.610. The Labute approximate surface area is 101 Å². The third kappa shape index (κ3) is 3.82. The molecule has 0 fully saturated rings. The molecule has 1 aromatic rings. The van der Waals surface area contributed by atoms with E-state index in [1.54, 1.807) is 0 Å². The van der Waals surface area contributed by atoms with Gasteiger partial charge in [-0.1, -0.05) is 22.9 Å². The predicted octanol–water partition coefficient (Wildman–Crippen LogP) is 3.53. The van der Waals surface area contributed by atoms with Gasteiger partial charge in [0.05, 0.1) is 0 Å². The molecule has 1 N–H and O–H groups in total. The second-order valence-corrected chi connectivity index (χ2v) is 4.85. The zero-order chi connectivity index (χ0) is 11.4. The van der Waals surface area contributed by atoms with Crippen molar-refractivity contribution in [3.8, 4) is 0 Å². The van der Waals surface area contributed by atoms with Crippen molar-refractivity contribution in [3.63, 3.8) is 0 Å². The molecule has 2 unspecified atom stereocenters. The van der Waals surface area contributed by atoms with Crippen LogP contribution in [0.1, 0.15) is 25.2 Å². The van der Waals surface area contributed by atoms with Gasteiger partial charge in [0.25, 0.3) is 0 Å². The van der Waals surface area contributed by atoms with Gasteiger partial charge in [0.2, 0.25) is 0 Å². The van der Waals surface area contributed by atoms with Crippen molar-refractivity contribution in [2.24, 2.45) is 5.92 Å². The molecule has 0 saturated carbocycles. The van der Waals surface area contributed by atoms with Gasteiger partial charge < -0.3 is 5.32 Å². The number of alkyl halides is 1. The molecule has 1 rings (SSSR count). The summed E-state index contributed by atoms with van der Waals surface area (Å²) in [5, 5.41) is 4.52. The van der Waals surface area contributed by atoms with Gasteiger partial charge in [-0.25, -0.2) is 0 Å². The van der Waals surface area contributed by atoms with E-state index in [0.717, 1.165) is 16.7 Å². The number of hydrogen-bond acceptors (Lipinski definition) is 2. The summed E-state index contributed by atoms with van der Waals surface area (Å²) in [4.78, 5) is 4.36. The quantitative estimate of drug-likeness (QED) is 0.847. The summed E-state index contributed by atoms with van der Waals surface area (Å²) in [6.07, 6.45) is 0. The van der Waals surface area contributed by atoms with E-state index in [1.165, 1.54) is 5.69 Å². The summed E-state index contributed by atoms with van der Waals surface area (Å²) in [6.45, 7) is 8.48. The van der Waals surface area contributed by atoms with Crippen LogP contribution >= 0.6 is 15.9 Å². The lowest BCUT2D eigenvalue weighted by Crippen LogP contribution is -2.24. The summed E-state index contributed by atoms with van der Waals surface area (Å²) in [7, 11) is 0. The Morgan fingerprint density at radius 1 is 1.27 bits per heavy atom. The highest BCUT2D eigenvalue weighted by molar-refractivity contribution is 9.09. The van der Waals surface area contributed by atoms with E-state index >= 15 is 0 Å². The average molecular weight is 271 g/mol. The average Bonchev–Trinajstić information content (AvgIpc) is 2.14. The molecule has 0 aliphatic heterocycles. The smallest absolute Gasteiger partial charge is 0.0396 e. The van der Waals surface area contributed by atoms with E-state index in [0.29, 0.717) is 12.0 Å². The van der Waals surface area contributed by atoms with Crippen molar-refractivity contribution in [2.45, 2.75) is 33.7 Å². The first-order valence-corrected chi connectivity index (χ1v) is 6.43. The fourth-order valence-corrected chi connectivity index (χ4v) is 2.02. The minimum Gasteiger partial charge on any atom is -0.382 e. The van der Waals surface area contributed by atoms with Gasteiger partial charge in [-0.3, -0.25) is 4.98 Å². The lowest BCUT2D eigenvalue weighted by atomic mass is 10.1. The fraction of sp³-hybridized carbons (Fsp3) is 0.583. The number of nitrogens with one attached hydrogen (secondary N) is 1. The number of nitrogens with zero attached hydrogens (tertiary/aromatic N) is 1. The maximum absolute atomic E-state index is 4.36. The summed E-state index contributed by atoms with van der Waals surface area (Å²) >= 11 is 3.51. The van der Waals surface area contributed by atoms with Crippen molar-refractivity contribution in [1.82, 2.24) is 4.98 Å². The second kappa shape index (κ2) is 5.50. The summed E-state index contributed by atoms with van der Waals surface area (Å²) in [5.41, 5.74) is 3.30. The van der Waals surface area contributed by atoms with Gasteiger partial charge in [-0.05, 0) is 38.8 Å². The Balaban J connectivity index is 2.72. The molecule has 3 heteroatoms. The molecule has 0 radical (unpaired) electrons. The number of hydrogen-bond donors (Lipinski definition) is 1. The maximum atomic E-state index is 4.36. The highest BCUT2D eigenvalue weighted by atomic mass is 79.9. The first-order chi connectivity index (χ1) is 7.02. The summed E-state index contributed by atoms with van der Waals surface area (Å²) < 4.78 is 0. The SMILES string of the molecule is Cc1cc(NC(C)C(C)CBr)cc(C)n1. The zero-order valence-electron chi connectivity index (χ0n) is 9.84. The van der Waals surface area contributed by atoms with Crippen LogP contribution in [0.3, 0.4) is 0 Å². The van der Waals surface area contributed by atoms with Crippen molar-refractivity contribution in [2.75, 3.05) is 10.6 Å². The van der Waals surface area contributed by atoms with Gasteiger partial charge in [-0.15, -0.1) is 0 Å². The van der Waals surface area contributed by atoms with Crippen molar-refractivity contribution >= 4 is 21.6 Å². The summed E-state index contributed by atoms with van der Waals surface area (Å²) in [6, 6.07) is 4.64. The molecule has 0 spiro atoms. The van der Waals surface area contributed by atoms with E-state index in [4.69, 9.17) is 0 Å². The highest BCUT2D eigenvalue weighted by Crippen LogP contribution is 2.15. The first-order valence-electron chi connectivity index (χ1n) is 5.30. The fourth-order valence-electron chi connectivity index (χ4n) is 1.46. The van der Waals surface area contributed by atoms with Crippen LogP contribution in [0.4, 0.5) is 5.69 Å². The van der Waals surface area contributed by atoms with Gasteiger partial charge in [0.15, 0.2) is 0 Å². The third-order valence-corrected chi connectivity index (χ3v) is 3.59. The van der Waals surface area contributed by atoms with Crippen LogP contribution in [-0.2, 0) is 0 Å². The number of aromatic nitrogens is 1. The van der Waals surface area contributed by atoms with Crippen LogP contribution in [0, 0.1) is 19.8 Å². The van der Waals surface area contributed by atoms with E-state index in [2.05, 4.69) is 52.2 Å². The molecule has 0 aliphatic rings. The Morgan fingerprint density at radius 3 is 2.27 bits per heavy atom. The number of aryl methyl sites for hydroxylation is 2. The normalized spacial score (nSPS) is 14.7. The standard InChI is InChI=1S/C12H19BrN2/c1-8(7-13)11(4)15-12-5-9(2)14-10(3)6-12/h5-6,8,11H,7H2,1-4H3,(H,14,15). The lowest BCUT2D eigenvalue weighted by Gasteiger charge is -2.20. The first kappa shape index (κ1) is 12.5. The molecule has 0 amide bonds. The molecule has 2 atom stereocenters. The Hall–Kier alpha value is -0.570. The van der Waals surface area contributed by atoms with Crippen molar-refractivity contribution < 1.29 is 0 Å². The molecular weight excluding hydrogens is 252 g/mol. The van der Waals surface area contributed by atoms with Crippen LogP contribution < -0.4 is 5.32 Å². The van der Waals surface area contributed by atoms with Gasteiger partial charge in [-0.2, -0.15) is 0 Å². The van der Waals surface area contributed by atoms with E-state index in [9.17, 15) is 0 Å². The third-order valence-electron chi connectivity index (χ3n) is 2.57. The highest BCUT2D eigenvalue weighted by Gasteiger charge is 2.10. The van der Waals surface area contributed by atoms with Crippen LogP contribution in [0.15, 0.2) is 12.1 Å². The van der Waals surface area contributed by atoms with Crippen LogP contribution in [0.25, 0.3) is 0 Å². The van der Waals surface area contributed by atoms with Gasteiger partial charge in [0.1, 0.15) is 0 Å². The molecule has 0 aromatic carbocycles. The van der Waals surface area contributed by atoms with Crippen LogP contribution in [0.5, 0.6) is 0 Å². The Kier molecular flexibility index (Phi) is 4.58. The van der Waals surface area contributed by atoms with Crippen LogP contribution in [0.2, 0.25) is 0 Å². The number of rotatable bonds is 4. The van der Waals surface area contributed by atoms with Gasteiger partial charge in [0, 0.05) is 28.4 Å². The molecule has 1 heterocycles. The Morgan fingerprint density at radius 2 is 1.80 bits per heavy atom. The molecule has 15 heavy (non-hydrogen) atoms. The monoisotopic (exact) mass is 270 g/mol. The number of pyridine rings is 1. The van der Waals surface area contributed by atoms with Crippen LogP contribution in [-0.4, -0.2) is 16.4 Å². The van der Waals surface area contributed by atoms with E-state index in [-0.39, 0.29) is 0 Å². The predicted molar refractivity (Wildman–Crippen MR) is 69.8 cm³/mol. The second-order valence-electron chi connectivity index (χ2n) is 4.20. The molecule has 0 bridgehead atoms. The minimum absolute atomic E-state index is 0.463. The lowest BCUT2D eigenvalue weighted by molar-refractivity contribution is 0.572. The van der Waals surface area contributed by atoms with E-state index < -0.39 is 0 Å². The van der Waals surface area contributed by atoms with E-state index in [1.807, 2.05) is 13.8 Å². The number of halogens is 1. The Bertz CT molecular complexity index is 305. The van der Waals surface area contributed by atoms with Crippen molar-refractivity contribution in [3.05, 3.63) is 23.5 Å². The maximum Gasteiger partial charge on any atom is 0.0396 e. The number of anilines is 1. The molecule has 1 aromatic heterocycles. The molecule has 0 aliphatic carbocycles. The van der Waals surface area contributed by atoms with Gasteiger partial charge >= 0.3 is 0 Å². The molecule has 0 saturated heterocycles. The largest absolute Gasteiger partial charge is 0.382 e.